The summed E-state index contributed by atoms with van der Waals surface area (Å²) in [7, 11) is 0. The summed E-state index contributed by atoms with van der Waals surface area (Å²) in [6.07, 6.45) is 1.70. The van der Waals surface area contributed by atoms with Crippen LogP contribution in [0.2, 0.25) is 0 Å². The molecule has 5 nitrogen and oxygen atoms in total. The van der Waals surface area contributed by atoms with Gasteiger partial charge < -0.3 is 15.0 Å². The van der Waals surface area contributed by atoms with Crippen molar-refractivity contribution in [1.82, 2.24) is 9.88 Å². The number of carbonyl (C=O) groups is 1. The second-order valence-electron chi connectivity index (χ2n) is 5.75. The van der Waals surface area contributed by atoms with Gasteiger partial charge in [0.05, 0.1) is 18.8 Å². The number of rotatable bonds is 3. The Hall–Kier alpha value is -2.40. The first-order valence-electron chi connectivity index (χ1n) is 7.81. The predicted molar refractivity (Wildman–Crippen MR) is 90.2 cm³/mol. The Bertz CT molecular complexity index is 709. The van der Waals surface area contributed by atoms with Gasteiger partial charge in [0.15, 0.2) is 0 Å². The van der Waals surface area contributed by atoms with Gasteiger partial charge in [-0.05, 0) is 43.2 Å². The molecule has 2 aromatic rings. The number of aryl methyl sites for hydroxylation is 2. The van der Waals surface area contributed by atoms with Crippen molar-refractivity contribution < 1.29 is 9.53 Å². The lowest BCUT2D eigenvalue weighted by atomic mass is 10.1. The largest absolute Gasteiger partial charge is 0.378 e. The van der Waals surface area contributed by atoms with Gasteiger partial charge in [0.2, 0.25) is 0 Å². The number of carbonyl (C=O) groups excluding carboxylic acids is 1. The van der Waals surface area contributed by atoms with Crippen molar-refractivity contribution in [2.75, 3.05) is 31.6 Å². The summed E-state index contributed by atoms with van der Waals surface area (Å²) >= 11 is 0. The molecule has 3 rings (SSSR count). The van der Waals surface area contributed by atoms with Gasteiger partial charge in [0.25, 0.3) is 5.91 Å². The first kappa shape index (κ1) is 15.5. The monoisotopic (exact) mass is 311 g/mol. The lowest BCUT2D eigenvalue weighted by molar-refractivity contribution is 0.0303. The Morgan fingerprint density at radius 3 is 2.78 bits per heavy atom. The SMILES string of the molecule is Cc1ccc(C)c(Nc2ncccc2C(=O)N2CCOCC2)c1. The van der Waals surface area contributed by atoms with Crippen LogP contribution in [-0.4, -0.2) is 42.1 Å². The molecule has 1 aromatic heterocycles. The van der Waals surface area contributed by atoms with E-state index in [0.717, 1.165) is 16.8 Å². The van der Waals surface area contributed by atoms with Gasteiger partial charge in [-0.15, -0.1) is 0 Å². The number of morpholine rings is 1. The maximum absolute atomic E-state index is 12.8. The molecule has 1 aromatic carbocycles. The summed E-state index contributed by atoms with van der Waals surface area (Å²) < 4.78 is 5.32. The van der Waals surface area contributed by atoms with Gasteiger partial charge in [0, 0.05) is 25.0 Å². The van der Waals surface area contributed by atoms with E-state index in [2.05, 4.69) is 28.5 Å². The molecule has 1 aliphatic rings. The Morgan fingerprint density at radius 2 is 2.00 bits per heavy atom. The highest BCUT2D eigenvalue weighted by Crippen LogP contribution is 2.24. The number of nitrogens with one attached hydrogen (secondary N) is 1. The van der Waals surface area contributed by atoms with Gasteiger partial charge >= 0.3 is 0 Å². The molecular formula is C18H21N3O2. The van der Waals surface area contributed by atoms with Crippen molar-refractivity contribution in [1.29, 1.82) is 0 Å². The molecule has 1 aliphatic heterocycles. The minimum Gasteiger partial charge on any atom is -0.378 e. The first-order chi connectivity index (χ1) is 11.1. The molecule has 5 heteroatoms. The summed E-state index contributed by atoms with van der Waals surface area (Å²) in [6.45, 7) is 6.50. The molecule has 0 spiro atoms. The van der Waals surface area contributed by atoms with Crippen LogP contribution in [0, 0.1) is 13.8 Å². The second kappa shape index (κ2) is 6.79. The van der Waals surface area contributed by atoms with Crippen LogP contribution >= 0.6 is 0 Å². The number of hydrogen-bond donors (Lipinski definition) is 1. The molecule has 0 radical (unpaired) electrons. The third-order valence-corrected chi connectivity index (χ3v) is 3.98. The fourth-order valence-corrected chi connectivity index (χ4v) is 2.61. The average Bonchev–Trinajstić information content (AvgIpc) is 2.59. The summed E-state index contributed by atoms with van der Waals surface area (Å²) in [5, 5.41) is 3.31. The quantitative estimate of drug-likeness (QED) is 0.947. The minimum absolute atomic E-state index is 0.00536. The maximum atomic E-state index is 12.8. The number of pyridine rings is 1. The fourth-order valence-electron chi connectivity index (χ4n) is 2.61. The second-order valence-corrected chi connectivity index (χ2v) is 5.75. The van der Waals surface area contributed by atoms with E-state index < -0.39 is 0 Å². The van der Waals surface area contributed by atoms with Crippen molar-refractivity contribution in [3.8, 4) is 0 Å². The van der Waals surface area contributed by atoms with Crippen LogP contribution in [0.15, 0.2) is 36.5 Å². The Balaban J connectivity index is 1.88. The number of hydrogen-bond acceptors (Lipinski definition) is 4. The highest BCUT2D eigenvalue weighted by atomic mass is 16.5. The van der Waals surface area contributed by atoms with E-state index in [-0.39, 0.29) is 5.91 Å². The molecule has 0 unspecified atom stereocenters. The van der Waals surface area contributed by atoms with Crippen molar-refractivity contribution in [2.45, 2.75) is 13.8 Å². The normalized spacial score (nSPS) is 14.6. The number of anilines is 2. The average molecular weight is 311 g/mol. The third kappa shape index (κ3) is 3.51. The Labute approximate surface area is 136 Å². The zero-order valence-electron chi connectivity index (χ0n) is 13.5. The lowest BCUT2D eigenvalue weighted by Gasteiger charge is -2.27. The summed E-state index contributed by atoms with van der Waals surface area (Å²) in [5.74, 6) is 0.590. The highest BCUT2D eigenvalue weighted by molar-refractivity contribution is 5.99. The van der Waals surface area contributed by atoms with Crippen LogP contribution < -0.4 is 5.32 Å². The molecule has 0 bridgehead atoms. The predicted octanol–water partition coefficient (Wildman–Crippen LogP) is 2.91. The zero-order valence-corrected chi connectivity index (χ0v) is 13.5. The van der Waals surface area contributed by atoms with Crippen LogP contribution in [-0.2, 0) is 4.74 Å². The van der Waals surface area contributed by atoms with Crippen molar-refractivity contribution >= 4 is 17.4 Å². The number of nitrogens with zero attached hydrogens (tertiary/aromatic N) is 2. The molecular weight excluding hydrogens is 290 g/mol. The van der Waals surface area contributed by atoms with Gasteiger partial charge in [0.1, 0.15) is 5.82 Å². The molecule has 1 fully saturated rings. The van der Waals surface area contributed by atoms with E-state index in [4.69, 9.17) is 4.74 Å². The standard InChI is InChI=1S/C18H21N3O2/c1-13-5-6-14(2)16(12-13)20-17-15(4-3-7-19-17)18(22)21-8-10-23-11-9-21/h3-7,12H,8-11H2,1-2H3,(H,19,20). The zero-order chi connectivity index (χ0) is 16.2. The molecule has 23 heavy (non-hydrogen) atoms. The minimum atomic E-state index is -0.00536. The Morgan fingerprint density at radius 1 is 1.22 bits per heavy atom. The first-order valence-corrected chi connectivity index (χ1v) is 7.81. The van der Waals surface area contributed by atoms with E-state index >= 15 is 0 Å². The summed E-state index contributed by atoms with van der Waals surface area (Å²) in [5.41, 5.74) is 3.84. The maximum Gasteiger partial charge on any atom is 0.257 e. The summed E-state index contributed by atoms with van der Waals surface area (Å²) in [4.78, 5) is 18.9. The molecule has 0 aliphatic carbocycles. The van der Waals surface area contributed by atoms with E-state index in [1.54, 1.807) is 12.3 Å². The highest BCUT2D eigenvalue weighted by Gasteiger charge is 2.21. The van der Waals surface area contributed by atoms with Gasteiger partial charge in [-0.3, -0.25) is 4.79 Å². The molecule has 1 saturated heterocycles. The van der Waals surface area contributed by atoms with Crippen LogP contribution in [0.25, 0.3) is 0 Å². The number of ether oxygens (including phenoxy) is 1. The van der Waals surface area contributed by atoms with Crippen LogP contribution in [0.5, 0.6) is 0 Å². The van der Waals surface area contributed by atoms with Crippen LogP contribution in [0.4, 0.5) is 11.5 Å². The molecule has 0 saturated carbocycles. The molecule has 1 N–H and O–H groups in total. The van der Waals surface area contributed by atoms with E-state index in [0.29, 0.717) is 37.7 Å². The topological polar surface area (TPSA) is 54.5 Å². The number of amides is 1. The van der Waals surface area contributed by atoms with Crippen molar-refractivity contribution in [3.63, 3.8) is 0 Å². The molecule has 1 amide bonds. The third-order valence-electron chi connectivity index (χ3n) is 3.98. The lowest BCUT2D eigenvalue weighted by Crippen LogP contribution is -2.40. The molecule has 120 valence electrons. The van der Waals surface area contributed by atoms with Crippen molar-refractivity contribution in [3.05, 3.63) is 53.2 Å². The summed E-state index contributed by atoms with van der Waals surface area (Å²) in [6, 6.07) is 9.80. The van der Waals surface area contributed by atoms with Crippen LogP contribution in [0.3, 0.4) is 0 Å². The van der Waals surface area contributed by atoms with E-state index in [1.807, 2.05) is 24.8 Å². The van der Waals surface area contributed by atoms with Gasteiger partial charge in [-0.1, -0.05) is 12.1 Å². The van der Waals surface area contributed by atoms with Crippen molar-refractivity contribution in [2.24, 2.45) is 0 Å². The number of benzene rings is 1. The smallest absolute Gasteiger partial charge is 0.257 e. The fraction of sp³-hybridized carbons (Fsp3) is 0.333. The molecule has 2 heterocycles. The Kier molecular flexibility index (Phi) is 4.57. The van der Waals surface area contributed by atoms with E-state index in [1.165, 1.54) is 0 Å². The number of aromatic nitrogens is 1. The molecule has 0 atom stereocenters. The van der Waals surface area contributed by atoms with Gasteiger partial charge in [-0.2, -0.15) is 0 Å². The van der Waals surface area contributed by atoms with Gasteiger partial charge in [-0.25, -0.2) is 4.98 Å². The van der Waals surface area contributed by atoms with Crippen LogP contribution in [0.1, 0.15) is 21.5 Å². The van der Waals surface area contributed by atoms with E-state index in [9.17, 15) is 4.79 Å².